The normalized spacial score (nSPS) is 13.7. The number of pyridine rings is 1. The van der Waals surface area contributed by atoms with Crippen LogP contribution in [0.1, 0.15) is 50.8 Å². The average Bonchev–Trinajstić information content (AvgIpc) is 3.82. The van der Waals surface area contributed by atoms with Crippen LogP contribution in [0.2, 0.25) is 10.0 Å². The fraction of sp³-hybridized carbons (Fsp3) is 0.394. The summed E-state index contributed by atoms with van der Waals surface area (Å²) in [5, 5.41) is 0.361. The lowest BCUT2D eigenvalue weighted by atomic mass is 10.0. The maximum Gasteiger partial charge on any atom is 0.420 e. The number of carbonyl (C=O) groups excluding carboxylic acids is 2. The lowest BCUT2D eigenvalue weighted by molar-refractivity contribution is -0.153. The van der Waals surface area contributed by atoms with Crippen molar-refractivity contribution in [3.05, 3.63) is 80.5 Å². The Morgan fingerprint density at radius 2 is 1.76 bits per heavy atom. The van der Waals surface area contributed by atoms with Crippen LogP contribution in [0.5, 0.6) is 11.5 Å². The van der Waals surface area contributed by atoms with Crippen LogP contribution in [-0.2, 0) is 42.9 Å². The first-order chi connectivity index (χ1) is 24.1. The smallest absolute Gasteiger partial charge is 0.420 e. The Kier molecular flexibility index (Phi) is 11.8. The van der Waals surface area contributed by atoms with Crippen molar-refractivity contribution in [1.29, 1.82) is 0 Å². The molecule has 0 amide bonds. The minimum atomic E-state index is -3.30. The zero-order valence-corrected chi connectivity index (χ0v) is 29.9. The molecular weight excluding hydrogens is 739 g/mol. The van der Waals surface area contributed by atoms with Crippen molar-refractivity contribution < 1.29 is 50.2 Å². The van der Waals surface area contributed by atoms with Gasteiger partial charge in [-0.05, 0) is 74.9 Å². The van der Waals surface area contributed by atoms with Gasteiger partial charge in [0.1, 0.15) is 24.8 Å². The van der Waals surface area contributed by atoms with Gasteiger partial charge >= 0.3 is 24.3 Å². The molecule has 1 aliphatic carbocycles. The third kappa shape index (κ3) is 10.1. The van der Waals surface area contributed by atoms with Crippen molar-refractivity contribution in [2.45, 2.75) is 64.9 Å². The monoisotopic (exact) mass is 771 g/mol. The molecule has 1 saturated carbocycles. The SMILES string of the molecule is CC(C)(C)OC(=O)CN(c1ccc2c(c1)oc(=O)n2CC(=O)O[C@@H](Cc1c(Cl)cncc1Cl)c1ccc(OC(F)F)c(OCC2CC2)c1)[SH](=O)=O. The van der Waals surface area contributed by atoms with E-state index < -0.39 is 60.0 Å². The summed E-state index contributed by atoms with van der Waals surface area (Å²) in [4.78, 5) is 42.7. The van der Waals surface area contributed by atoms with Gasteiger partial charge in [0.15, 0.2) is 17.1 Å². The number of fused-ring (bicyclic) bond motifs is 1. The predicted octanol–water partition coefficient (Wildman–Crippen LogP) is 5.89. The first-order valence-corrected chi connectivity index (χ1v) is 17.4. The molecule has 2 aromatic heterocycles. The number of ether oxygens (including phenoxy) is 4. The van der Waals surface area contributed by atoms with Crippen molar-refractivity contribution in [2.75, 3.05) is 17.5 Å². The van der Waals surface area contributed by atoms with Crippen molar-refractivity contribution in [1.82, 2.24) is 9.55 Å². The summed E-state index contributed by atoms with van der Waals surface area (Å²) in [6.07, 6.45) is 3.40. The molecule has 51 heavy (non-hydrogen) atoms. The molecule has 1 aliphatic rings. The van der Waals surface area contributed by atoms with Gasteiger partial charge in [-0.1, -0.05) is 29.3 Å². The summed E-state index contributed by atoms with van der Waals surface area (Å²) in [7, 11) is -3.30. The molecule has 2 heterocycles. The fourth-order valence-electron chi connectivity index (χ4n) is 5.00. The van der Waals surface area contributed by atoms with E-state index in [2.05, 4.69) is 9.72 Å². The quantitative estimate of drug-likeness (QED) is 0.114. The second kappa shape index (κ2) is 15.9. The molecule has 5 rings (SSSR count). The number of aromatic nitrogens is 2. The molecule has 0 radical (unpaired) electrons. The summed E-state index contributed by atoms with van der Waals surface area (Å²) in [6, 6.07) is 8.03. The predicted molar refractivity (Wildman–Crippen MR) is 182 cm³/mol. The number of alkyl halides is 2. The molecule has 1 fully saturated rings. The Balaban J connectivity index is 1.42. The van der Waals surface area contributed by atoms with Crippen molar-refractivity contribution in [3.8, 4) is 11.5 Å². The van der Waals surface area contributed by atoms with E-state index in [1.807, 2.05) is 0 Å². The second-order valence-corrected chi connectivity index (χ2v) is 14.4. The zero-order chi connectivity index (χ0) is 37.0. The number of thiol groups is 1. The van der Waals surface area contributed by atoms with E-state index in [1.54, 1.807) is 20.8 Å². The number of nitrogens with zero attached hydrogens (tertiary/aromatic N) is 3. The van der Waals surface area contributed by atoms with Crippen molar-refractivity contribution in [3.63, 3.8) is 0 Å². The van der Waals surface area contributed by atoms with Gasteiger partial charge in [0, 0.05) is 24.9 Å². The number of hydrogen-bond acceptors (Lipinski definition) is 11. The molecule has 0 spiro atoms. The van der Waals surface area contributed by atoms with Crippen molar-refractivity contribution >= 4 is 62.8 Å². The second-order valence-electron chi connectivity index (χ2n) is 12.6. The summed E-state index contributed by atoms with van der Waals surface area (Å²) in [6.45, 7) is 0.791. The van der Waals surface area contributed by atoms with E-state index in [-0.39, 0.29) is 57.3 Å². The van der Waals surface area contributed by atoms with Crippen molar-refractivity contribution in [2.24, 2.45) is 5.92 Å². The van der Waals surface area contributed by atoms with Crippen LogP contribution < -0.4 is 19.5 Å². The van der Waals surface area contributed by atoms with Gasteiger partial charge in [-0.3, -0.25) is 23.4 Å². The molecule has 4 aromatic rings. The Morgan fingerprint density at radius 1 is 1.06 bits per heavy atom. The van der Waals surface area contributed by atoms with Gasteiger partial charge in [-0.25, -0.2) is 13.2 Å². The number of rotatable bonds is 15. The molecule has 0 aliphatic heterocycles. The molecule has 0 saturated heterocycles. The van der Waals surface area contributed by atoms with Gasteiger partial charge in [-0.15, -0.1) is 0 Å². The molecule has 0 unspecified atom stereocenters. The molecule has 2 aromatic carbocycles. The van der Waals surface area contributed by atoms with E-state index in [4.69, 9.17) is 41.8 Å². The number of halogens is 4. The minimum Gasteiger partial charge on any atom is -0.489 e. The number of esters is 2. The van der Waals surface area contributed by atoms with Gasteiger partial charge in [0.2, 0.25) is 10.9 Å². The summed E-state index contributed by atoms with van der Waals surface area (Å²) >= 11 is 12.7. The largest absolute Gasteiger partial charge is 0.489 e. The Bertz CT molecular complexity index is 2030. The molecule has 1 atom stereocenters. The Morgan fingerprint density at radius 3 is 2.39 bits per heavy atom. The van der Waals surface area contributed by atoms with Gasteiger partial charge in [0.05, 0.1) is 27.9 Å². The maximum atomic E-state index is 13.5. The molecule has 18 heteroatoms. The highest BCUT2D eigenvalue weighted by atomic mass is 35.5. The third-order valence-electron chi connectivity index (χ3n) is 7.48. The maximum absolute atomic E-state index is 13.5. The van der Waals surface area contributed by atoms with E-state index >= 15 is 0 Å². The zero-order valence-electron chi connectivity index (χ0n) is 27.5. The first kappa shape index (κ1) is 37.8. The highest BCUT2D eigenvalue weighted by molar-refractivity contribution is 7.74. The topological polar surface area (TPSA) is 156 Å². The molecule has 13 nitrogen and oxygen atoms in total. The molecule has 274 valence electrons. The van der Waals surface area contributed by atoms with Gasteiger partial charge in [-0.2, -0.15) is 8.78 Å². The number of carbonyl (C=O) groups is 2. The van der Waals surface area contributed by atoms with E-state index in [9.17, 15) is 31.6 Å². The number of anilines is 1. The van der Waals surface area contributed by atoms with Crippen LogP contribution >= 0.6 is 23.2 Å². The third-order valence-corrected chi connectivity index (χ3v) is 8.89. The standard InChI is InChI=1S/C33H33Cl2F2N3O10S/c1-33(2,3)50-30(42)16-40(51(44)45)20-7-8-24-27(11-20)49-32(43)39(24)15-29(41)47-26(12-21-22(34)13-38-14-23(21)35)19-6-9-25(48-31(36)37)28(10-19)46-17-18-4-5-18/h6-11,13-14,18,26,31,51H,4-5,12,15-17H2,1-3H3/t26-/m0/s1. The summed E-state index contributed by atoms with van der Waals surface area (Å²) < 4.78 is 79.0. The lowest BCUT2D eigenvalue weighted by Gasteiger charge is -2.22. The highest BCUT2D eigenvalue weighted by Crippen LogP contribution is 2.38. The average molecular weight is 773 g/mol. The molecular formula is C33H33Cl2F2N3O10S. The van der Waals surface area contributed by atoms with Crippen LogP contribution in [0.4, 0.5) is 14.5 Å². The number of benzene rings is 2. The van der Waals surface area contributed by atoms with Crippen LogP contribution in [-0.4, -0.2) is 55.3 Å². The number of hydrogen-bond donors (Lipinski definition) is 1. The first-order valence-electron chi connectivity index (χ1n) is 15.5. The molecule has 0 N–H and O–H groups in total. The van der Waals surface area contributed by atoms with E-state index in [0.717, 1.165) is 21.7 Å². The minimum absolute atomic E-state index is 0.0121. The van der Waals surface area contributed by atoms with Crippen LogP contribution in [0.15, 0.2) is 58.0 Å². The highest BCUT2D eigenvalue weighted by Gasteiger charge is 2.27. The number of oxazole rings is 1. The van der Waals surface area contributed by atoms with Gasteiger partial charge < -0.3 is 23.4 Å². The summed E-state index contributed by atoms with van der Waals surface area (Å²) in [5.41, 5.74) is -0.0850. The Labute approximate surface area is 302 Å². The fourth-order valence-corrected chi connectivity index (χ4v) is 6.06. The van der Waals surface area contributed by atoms with E-state index in [0.29, 0.717) is 11.1 Å². The lowest BCUT2D eigenvalue weighted by Crippen LogP contribution is -2.34. The van der Waals surface area contributed by atoms with Crippen LogP contribution in [0, 0.1) is 5.92 Å². The Hall–Kier alpha value is -4.41. The van der Waals surface area contributed by atoms with Crippen LogP contribution in [0.25, 0.3) is 11.1 Å². The van der Waals surface area contributed by atoms with Gasteiger partial charge in [0.25, 0.3) is 0 Å². The summed E-state index contributed by atoms with van der Waals surface area (Å²) in [5.74, 6) is -2.57. The molecule has 0 bridgehead atoms. The van der Waals surface area contributed by atoms with E-state index in [1.165, 1.54) is 48.8 Å². The van der Waals surface area contributed by atoms with Crippen LogP contribution in [0.3, 0.4) is 0 Å².